The van der Waals surface area contributed by atoms with E-state index in [0.29, 0.717) is 0 Å². The van der Waals surface area contributed by atoms with Gasteiger partial charge in [-0.25, -0.2) is 0 Å². The van der Waals surface area contributed by atoms with Crippen molar-refractivity contribution < 1.29 is 9.52 Å². The van der Waals surface area contributed by atoms with E-state index in [1.54, 1.807) is 0 Å². The Hall–Kier alpha value is -2.26. The Bertz CT molecular complexity index is 775. The van der Waals surface area contributed by atoms with E-state index >= 15 is 0 Å². The van der Waals surface area contributed by atoms with Gasteiger partial charge in [0.25, 0.3) is 0 Å². The standard InChI is InChI=1S/C17H13NO2/c19-17-6-4-14-16(13(17)10-17)12-5-8-18-7-2-1-3-11(18)9-15(12)20-14/h1-9,13,19H,10H2. The van der Waals surface area contributed by atoms with Gasteiger partial charge in [0.1, 0.15) is 11.5 Å². The molecule has 5 rings (SSSR count). The smallest absolute Gasteiger partial charge is 0.137 e. The number of hydrogen-bond acceptors (Lipinski definition) is 3. The monoisotopic (exact) mass is 263 g/mol. The van der Waals surface area contributed by atoms with Crippen molar-refractivity contribution in [2.45, 2.75) is 17.9 Å². The van der Waals surface area contributed by atoms with Crippen LogP contribution in [0.5, 0.6) is 0 Å². The topological polar surface area (TPSA) is 36.6 Å². The van der Waals surface area contributed by atoms with Gasteiger partial charge in [0, 0.05) is 41.2 Å². The Kier molecular flexibility index (Phi) is 1.71. The molecule has 2 aliphatic heterocycles. The number of nitrogens with zero attached hydrogens (tertiary/aromatic N) is 1. The largest absolute Gasteiger partial charge is 0.456 e. The van der Waals surface area contributed by atoms with Crippen LogP contribution in [-0.2, 0) is 0 Å². The first-order valence-corrected chi connectivity index (χ1v) is 6.86. The highest BCUT2D eigenvalue weighted by molar-refractivity contribution is 5.76. The normalized spacial score (nSPS) is 31.1. The van der Waals surface area contributed by atoms with Crippen LogP contribution in [0.2, 0.25) is 0 Å². The molecule has 1 aromatic heterocycles. The van der Waals surface area contributed by atoms with Crippen LogP contribution in [0.25, 0.3) is 18.2 Å². The fraction of sp³-hybridized carbons (Fsp3) is 0.176. The zero-order valence-electron chi connectivity index (χ0n) is 10.8. The number of allylic oxidation sites excluding steroid dienone is 3. The lowest BCUT2D eigenvalue weighted by atomic mass is 9.97. The molecule has 1 N–H and O–H groups in total. The lowest BCUT2D eigenvalue weighted by Crippen LogP contribution is -2.09. The fourth-order valence-electron chi connectivity index (χ4n) is 3.30. The van der Waals surface area contributed by atoms with Crippen molar-refractivity contribution >= 4 is 18.2 Å². The molecule has 1 saturated carbocycles. The van der Waals surface area contributed by atoms with Gasteiger partial charge in [-0.05, 0) is 36.8 Å². The van der Waals surface area contributed by atoms with Crippen molar-refractivity contribution in [1.82, 2.24) is 4.90 Å². The highest BCUT2D eigenvalue weighted by Gasteiger charge is 2.56. The molecule has 3 heteroatoms. The molecule has 2 unspecified atom stereocenters. The van der Waals surface area contributed by atoms with E-state index in [9.17, 15) is 5.11 Å². The van der Waals surface area contributed by atoms with Crippen LogP contribution >= 0.6 is 0 Å². The molecule has 20 heavy (non-hydrogen) atoms. The van der Waals surface area contributed by atoms with E-state index in [0.717, 1.165) is 34.8 Å². The van der Waals surface area contributed by atoms with Crippen molar-refractivity contribution in [3.63, 3.8) is 0 Å². The van der Waals surface area contributed by atoms with Crippen molar-refractivity contribution in [1.29, 1.82) is 0 Å². The summed E-state index contributed by atoms with van der Waals surface area (Å²) in [5.41, 5.74) is 2.72. The Morgan fingerprint density at radius 3 is 3.05 bits per heavy atom. The highest BCUT2D eigenvalue weighted by atomic mass is 16.3. The van der Waals surface area contributed by atoms with Gasteiger partial charge in [0.05, 0.1) is 5.60 Å². The quantitative estimate of drug-likeness (QED) is 0.780. The molecule has 4 aliphatic rings. The molecule has 3 nitrogen and oxygen atoms in total. The van der Waals surface area contributed by atoms with Crippen molar-refractivity contribution in [2.75, 3.05) is 0 Å². The molecule has 1 fully saturated rings. The van der Waals surface area contributed by atoms with Crippen LogP contribution in [-0.4, -0.2) is 15.6 Å². The summed E-state index contributed by atoms with van der Waals surface area (Å²) in [6.45, 7) is 0. The maximum Gasteiger partial charge on any atom is 0.137 e. The van der Waals surface area contributed by atoms with E-state index in [4.69, 9.17) is 4.42 Å². The summed E-state index contributed by atoms with van der Waals surface area (Å²) in [5, 5.41) is 10.3. The second-order valence-corrected chi connectivity index (χ2v) is 5.73. The van der Waals surface area contributed by atoms with Gasteiger partial charge in [0.2, 0.25) is 0 Å². The Morgan fingerprint density at radius 2 is 2.10 bits per heavy atom. The third-order valence-electron chi connectivity index (χ3n) is 4.49. The zero-order chi connectivity index (χ0) is 13.3. The summed E-state index contributed by atoms with van der Waals surface area (Å²) in [6.07, 6.45) is 18.9. The van der Waals surface area contributed by atoms with Gasteiger partial charge >= 0.3 is 0 Å². The van der Waals surface area contributed by atoms with Crippen LogP contribution in [0, 0.1) is 0 Å². The van der Waals surface area contributed by atoms with Crippen LogP contribution in [0.15, 0.2) is 46.8 Å². The molecule has 0 amide bonds. The van der Waals surface area contributed by atoms with Gasteiger partial charge in [-0.3, -0.25) is 0 Å². The summed E-state index contributed by atoms with van der Waals surface area (Å²) >= 11 is 0. The molecule has 0 radical (unpaired) electrons. The minimum Gasteiger partial charge on any atom is -0.456 e. The first-order valence-electron chi connectivity index (χ1n) is 6.86. The summed E-state index contributed by atoms with van der Waals surface area (Å²) in [7, 11) is 0. The van der Waals surface area contributed by atoms with Crippen molar-refractivity contribution in [3.05, 3.63) is 65.0 Å². The summed E-state index contributed by atoms with van der Waals surface area (Å²) in [6, 6.07) is 0. The number of hydrogen-bond donors (Lipinski definition) is 1. The Labute approximate surface area is 116 Å². The lowest BCUT2D eigenvalue weighted by molar-refractivity contribution is 0.194. The Balaban J connectivity index is 1.72. The minimum atomic E-state index is -0.634. The molecule has 0 bridgehead atoms. The molecule has 0 saturated heterocycles. The SMILES string of the molecule is OC12C=Cc3oc4c(c3C1C2)C=CN1C=CC=CC1=C4. The maximum absolute atomic E-state index is 10.3. The number of fused-ring (bicyclic) bond motifs is 6. The molecule has 0 aromatic carbocycles. The van der Waals surface area contributed by atoms with E-state index in [1.165, 1.54) is 0 Å². The van der Waals surface area contributed by atoms with Gasteiger partial charge in [-0.1, -0.05) is 6.08 Å². The van der Waals surface area contributed by atoms with E-state index in [1.807, 2.05) is 36.7 Å². The first kappa shape index (κ1) is 10.5. The molecular weight excluding hydrogens is 250 g/mol. The van der Waals surface area contributed by atoms with Crippen LogP contribution < -0.4 is 0 Å². The van der Waals surface area contributed by atoms with Crippen molar-refractivity contribution in [2.24, 2.45) is 0 Å². The summed E-state index contributed by atoms with van der Waals surface area (Å²) < 4.78 is 5.99. The second kappa shape index (κ2) is 3.25. The van der Waals surface area contributed by atoms with E-state index in [2.05, 4.69) is 23.1 Å². The number of rotatable bonds is 0. The fourth-order valence-corrected chi connectivity index (χ4v) is 3.30. The third-order valence-corrected chi connectivity index (χ3v) is 4.49. The lowest BCUT2D eigenvalue weighted by Gasteiger charge is -2.17. The average molecular weight is 263 g/mol. The van der Waals surface area contributed by atoms with Gasteiger partial charge in [-0.2, -0.15) is 0 Å². The van der Waals surface area contributed by atoms with Crippen molar-refractivity contribution in [3.8, 4) is 0 Å². The third kappa shape index (κ3) is 1.23. The average Bonchev–Trinajstić information content (AvgIpc) is 3.08. The van der Waals surface area contributed by atoms with Crippen LogP contribution in [0.4, 0.5) is 0 Å². The molecule has 1 aromatic rings. The summed E-state index contributed by atoms with van der Waals surface area (Å²) in [5.74, 6) is 1.97. The van der Waals surface area contributed by atoms with Crippen LogP contribution in [0.1, 0.15) is 35.0 Å². The number of furan rings is 1. The van der Waals surface area contributed by atoms with Gasteiger partial charge < -0.3 is 14.4 Å². The predicted molar refractivity (Wildman–Crippen MR) is 77.2 cm³/mol. The molecule has 2 atom stereocenters. The Morgan fingerprint density at radius 1 is 1.15 bits per heavy atom. The predicted octanol–water partition coefficient (Wildman–Crippen LogP) is 3.24. The van der Waals surface area contributed by atoms with Crippen LogP contribution in [0.3, 0.4) is 0 Å². The molecule has 2 aliphatic carbocycles. The van der Waals surface area contributed by atoms with Gasteiger partial charge in [0.15, 0.2) is 0 Å². The van der Waals surface area contributed by atoms with Gasteiger partial charge in [-0.15, -0.1) is 0 Å². The highest BCUT2D eigenvalue weighted by Crippen LogP contribution is 2.58. The maximum atomic E-state index is 10.3. The second-order valence-electron chi connectivity index (χ2n) is 5.73. The molecule has 98 valence electrons. The minimum absolute atomic E-state index is 0.194. The van der Waals surface area contributed by atoms with E-state index in [-0.39, 0.29) is 5.92 Å². The molecular formula is C17H13NO2. The summed E-state index contributed by atoms with van der Waals surface area (Å²) in [4.78, 5) is 2.07. The molecule has 3 heterocycles. The first-order chi connectivity index (χ1) is 9.74. The zero-order valence-corrected chi connectivity index (χ0v) is 10.8. The van der Waals surface area contributed by atoms with E-state index < -0.39 is 5.60 Å². The molecule has 0 spiro atoms. The number of aliphatic hydroxyl groups is 1.